The first-order valence-electron chi connectivity index (χ1n) is 9.24. The summed E-state index contributed by atoms with van der Waals surface area (Å²) in [5.41, 5.74) is -2.37. The summed E-state index contributed by atoms with van der Waals surface area (Å²) in [7, 11) is 0. The zero-order chi connectivity index (χ0) is 22.5. The minimum absolute atomic E-state index is 0.0900. The molecule has 0 spiro atoms. The van der Waals surface area contributed by atoms with Gasteiger partial charge in [0.25, 0.3) is 0 Å². The van der Waals surface area contributed by atoms with Gasteiger partial charge in [0, 0.05) is 17.8 Å². The van der Waals surface area contributed by atoms with Crippen LogP contribution in [0.5, 0.6) is 0 Å². The Bertz CT molecular complexity index is 849. The molecule has 0 bridgehead atoms. The number of hydrogen-bond donors (Lipinski definition) is 1. The van der Waals surface area contributed by atoms with Crippen molar-refractivity contribution in [2.75, 3.05) is 18.0 Å². The van der Waals surface area contributed by atoms with E-state index in [9.17, 15) is 36.2 Å². The Morgan fingerprint density at radius 1 is 1.03 bits per heavy atom. The fraction of sp³-hybridized carbons (Fsp3) is 0.381. The maximum Gasteiger partial charge on any atom is 0.417 e. The third-order valence-corrected chi connectivity index (χ3v) is 4.45. The average Bonchev–Trinajstić information content (AvgIpc) is 2.68. The average molecular weight is 433 g/mol. The highest BCUT2D eigenvalue weighted by molar-refractivity contribution is 6.01. The van der Waals surface area contributed by atoms with Crippen LogP contribution < -0.4 is 4.90 Å². The highest BCUT2D eigenvalue weighted by Crippen LogP contribution is 2.37. The molecule has 30 heavy (non-hydrogen) atoms. The van der Waals surface area contributed by atoms with Gasteiger partial charge in [-0.25, -0.2) is 0 Å². The van der Waals surface area contributed by atoms with Crippen LogP contribution >= 0.6 is 0 Å². The maximum atomic E-state index is 13.6. The minimum atomic E-state index is -4.99. The molecule has 2 rings (SSSR count). The van der Waals surface area contributed by atoms with Gasteiger partial charge in [-0.1, -0.05) is 43.7 Å². The molecule has 0 saturated carbocycles. The lowest BCUT2D eigenvalue weighted by Crippen LogP contribution is -2.35. The number of ketones is 1. The summed E-state index contributed by atoms with van der Waals surface area (Å²) in [5, 5.41) is 10.2. The van der Waals surface area contributed by atoms with E-state index in [0.717, 1.165) is 17.0 Å². The van der Waals surface area contributed by atoms with Crippen LogP contribution in [0.2, 0.25) is 0 Å². The number of Topliss-reactive ketones (excluding diaryl/α,β-unsaturated/α-hetero) is 1. The van der Waals surface area contributed by atoms with Crippen molar-refractivity contribution < 1.29 is 36.2 Å². The van der Waals surface area contributed by atoms with Gasteiger partial charge in [-0.05, 0) is 30.2 Å². The van der Waals surface area contributed by atoms with Crippen LogP contribution in [0.4, 0.5) is 32.0 Å². The monoisotopic (exact) mass is 433 g/mol. The number of aliphatic hydroxyl groups is 1. The molecule has 1 atom stereocenters. The molecule has 0 aliphatic heterocycles. The number of unbranched alkanes of at least 4 members (excludes halogenated alkanes) is 1. The molecular weight excluding hydrogens is 412 g/mol. The first kappa shape index (κ1) is 23.7. The quantitative estimate of drug-likeness (QED) is 0.423. The maximum absolute atomic E-state index is 13.6. The van der Waals surface area contributed by atoms with E-state index in [2.05, 4.69) is 0 Å². The van der Waals surface area contributed by atoms with Gasteiger partial charge >= 0.3 is 12.4 Å². The molecule has 2 aromatic carbocycles. The molecule has 0 fully saturated rings. The lowest BCUT2D eigenvalue weighted by Gasteiger charge is -2.27. The van der Waals surface area contributed by atoms with Gasteiger partial charge in [0.1, 0.15) is 12.6 Å². The largest absolute Gasteiger partial charge is 0.417 e. The molecule has 1 unspecified atom stereocenters. The van der Waals surface area contributed by atoms with Crippen molar-refractivity contribution in [1.82, 2.24) is 0 Å². The number of alkyl halides is 6. The molecule has 0 aliphatic rings. The summed E-state index contributed by atoms with van der Waals surface area (Å²) in [5.74, 6) is -1.18. The van der Waals surface area contributed by atoms with E-state index < -0.39 is 41.9 Å². The Hall–Kier alpha value is -2.55. The number of carbonyl (C=O) groups excluding carboxylic acids is 1. The number of halogens is 6. The zero-order valence-corrected chi connectivity index (χ0v) is 16.1. The lowest BCUT2D eigenvalue weighted by atomic mass is 9.95. The van der Waals surface area contributed by atoms with E-state index in [1.807, 2.05) is 0 Å². The van der Waals surface area contributed by atoms with Crippen LogP contribution in [-0.2, 0) is 6.18 Å². The number of aliphatic hydroxyl groups excluding tert-OH is 1. The summed E-state index contributed by atoms with van der Waals surface area (Å²) < 4.78 is 79.6. The van der Waals surface area contributed by atoms with Crippen LogP contribution in [0.25, 0.3) is 0 Å². The number of anilines is 1. The molecular formula is C21H21F6NO2. The molecule has 3 nitrogen and oxygen atoms in total. The molecule has 0 aromatic heterocycles. The van der Waals surface area contributed by atoms with E-state index >= 15 is 0 Å². The third-order valence-electron chi connectivity index (χ3n) is 4.45. The normalized spacial score (nSPS) is 13.2. The topological polar surface area (TPSA) is 40.5 Å². The van der Waals surface area contributed by atoms with Crippen molar-refractivity contribution in [3.05, 3.63) is 65.2 Å². The van der Waals surface area contributed by atoms with Gasteiger partial charge < -0.3 is 10.0 Å². The number of nitrogens with zero attached hydrogens (tertiary/aromatic N) is 1. The predicted molar refractivity (Wildman–Crippen MR) is 100 cm³/mol. The summed E-state index contributed by atoms with van der Waals surface area (Å²) in [6, 6.07) is 9.82. The van der Waals surface area contributed by atoms with E-state index in [4.69, 9.17) is 0 Å². The minimum Gasteiger partial charge on any atom is -0.380 e. The molecule has 2 aromatic rings. The molecule has 0 heterocycles. The Kier molecular flexibility index (Phi) is 7.52. The van der Waals surface area contributed by atoms with Crippen LogP contribution in [0.1, 0.15) is 47.4 Å². The highest BCUT2D eigenvalue weighted by Gasteiger charge is 2.38. The second kappa shape index (κ2) is 9.51. The van der Waals surface area contributed by atoms with Crippen molar-refractivity contribution in [2.24, 2.45) is 0 Å². The SMILES string of the molecule is CCCCN(CC(F)(F)F)c1ccc(C(=O)C(O)c2ccccc2)c(C(F)(F)F)c1. The Balaban J connectivity index is 2.47. The van der Waals surface area contributed by atoms with Gasteiger partial charge in [-0.2, -0.15) is 26.3 Å². The standard InChI is InChI=1S/C21H21F6NO2/c1-2-3-11-28(13-20(22,23)24)15-9-10-16(17(12-15)21(25,26)27)19(30)18(29)14-7-5-4-6-8-14/h4-10,12,18,29H,2-3,11,13H2,1H3. The van der Waals surface area contributed by atoms with Gasteiger partial charge in [-0.3, -0.25) is 4.79 Å². The number of carbonyl (C=O) groups is 1. The molecule has 164 valence electrons. The molecule has 0 amide bonds. The molecule has 1 N–H and O–H groups in total. The van der Waals surface area contributed by atoms with Gasteiger partial charge in [0.05, 0.1) is 5.56 Å². The summed E-state index contributed by atoms with van der Waals surface area (Å²) in [4.78, 5) is 13.4. The second-order valence-electron chi connectivity index (χ2n) is 6.80. The zero-order valence-electron chi connectivity index (χ0n) is 16.1. The van der Waals surface area contributed by atoms with Crippen molar-refractivity contribution >= 4 is 11.5 Å². The summed E-state index contributed by atoms with van der Waals surface area (Å²) in [6.07, 6.45) is -10.5. The van der Waals surface area contributed by atoms with Crippen molar-refractivity contribution in [1.29, 1.82) is 0 Å². The summed E-state index contributed by atoms with van der Waals surface area (Å²) in [6.45, 7) is 0.247. The summed E-state index contributed by atoms with van der Waals surface area (Å²) >= 11 is 0. The van der Waals surface area contributed by atoms with Crippen LogP contribution in [0.15, 0.2) is 48.5 Å². The highest BCUT2D eigenvalue weighted by atomic mass is 19.4. The fourth-order valence-corrected chi connectivity index (χ4v) is 2.98. The Morgan fingerprint density at radius 3 is 2.20 bits per heavy atom. The number of rotatable bonds is 8. The van der Waals surface area contributed by atoms with E-state index in [1.165, 1.54) is 24.3 Å². The van der Waals surface area contributed by atoms with Crippen molar-refractivity contribution in [3.8, 4) is 0 Å². The second-order valence-corrected chi connectivity index (χ2v) is 6.80. The Morgan fingerprint density at radius 2 is 1.67 bits per heavy atom. The van der Waals surface area contributed by atoms with E-state index in [1.54, 1.807) is 13.0 Å². The Labute approximate surface area is 169 Å². The molecule has 0 aliphatic carbocycles. The smallest absolute Gasteiger partial charge is 0.380 e. The van der Waals surface area contributed by atoms with Gasteiger partial charge in [-0.15, -0.1) is 0 Å². The van der Waals surface area contributed by atoms with E-state index in [0.29, 0.717) is 18.9 Å². The van der Waals surface area contributed by atoms with Crippen molar-refractivity contribution in [3.63, 3.8) is 0 Å². The fourth-order valence-electron chi connectivity index (χ4n) is 2.98. The number of hydrogen-bond acceptors (Lipinski definition) is 3. The van der Waals surface area contributed by atoms with Crippen LogP contribution in [0, 0.1) is 0 Å². The molecule has 0 saturated heterocycles. The lowest BCUT2D eigenvalue weighted by molar-refractivity contribution is -0.137. The first-order chi connectivity index (χ1) is 13.9. The molecule has 0 radical (unpaired) electrons. The van der Waals surface area contributed by atoms with Crippen LogP contribution in [-0.4, -0.2) is 30.2 Å². The molecule has 9 heteroatoms. The first-order valence-corrected chi connectivity index (χ1v) is 9.24. The van der Waals surface area contributed by atoms with Crippen LogP contribution in [0.3, 0.4) is 0 Å². The predicted octanol–water partition coefficient (Wildman–Crippen LogP) is 5.79. The van der Waals surface area contributed by atoms with Crippen molar-refractivity contribution in [2.45, 2.75) is 38.2 Å². The van der Waals surface area contributed by atoms with E-state index in [-0.39, 0.29) is 17.8 Å². The van der Waals surface area contributed by atoms with Gasteiger partial charge in [0.2, 0.25) is 0 Å². The number of benzene rings is 2. The third kappa shape index (κ3) is 6.22. The van der Waals surface area contributed by atoms with Gasteiger partial charge in [0.15, 0.2) is 5.78 Å².